The van der Waals surface area contributed by atoms with Gasteiger partial charge in [-0.2, -0.15) is 5.26 Å². The Kier molecular flexibility index (Phi) is 3.29. The Hall–Kier alpha value is -2.12. The standard InChI is InChI=1S/C16H17N3O/c1-16(6-8-20-9-7-16)19-15-13(11-17)10-12-4-2-3-5-14(12)18-15/h2-5,10H,6-9H2,1H3,(H,18,19). The molecular formula is C16H17N3O. The molecule has 1 aliphatic heterocycles. The maximum atomic E-state index is 9.34. The highest BCUT2D eigenvalue weighted by Gasteiger charge is 2.28. The molecule has 1 aliphatic rings. The van der Waals surface area contributed by atoms with Gasteiger partial charge in [0.2, 0.25) is 0 Å². The maximum absolute atomic E-state index is 9.34. The summed E-state index contributed by atoms with van der Waals surface area (Å²) in [5.74, 6) is 0.676. The minimum absolute atomic E-state index is 0.0562. The van der Waals surface area contributed by atoms with E-state index in [1.54, 1.807) is 0 Å². The monoisotopic (exact) mass is 267 g/mol. The number of nitrogens with zero attached hydrogens (tertiary/aromatic N) is 2. The third-order valence-electron chi connectivity index (χ3n) is 3.86. The van der Waals surface area contributed by atoms with Gasteiger partial charge in [0.05, 0.1) is 11.1 Å². The molecular weight excluding hydrogens is 250 g/mol. The Balaban J connectivity index is 1.99. The summed E-state index contributed by atoms with van der Waals surface area (Å²) < 4.78 is 5.40. The van der Waals surface area contributed by atoms with Gasteiger partial charge < -0.3 is 10.1 Å². The van der Waals surface area contributed by atoms with E-state index < -0.39 is 0 Å². The molecule has 1 saturated heterocycles. The highest BCUT2D eigenvalue weighted by molar-refractivity contribution is 5.82. The van der Waals surface area contributed by atoms with Crippen molar-refractivity contribution < 1.29 is 4.74 Å². The zero-order valence-corrected chi connectivity index (χ0v) is 11.5. The molecule has 2 aromatic rings. The first kappa shape index (κ1) is 12.9. The topological polar surface area (TPSA) is 57.9 Å². The molecule has 1 N–H and O–H groups in total. The Morgan fingerprint density at radius 1 is 1.30 bits per heavy atom. The van der Waals surface area contributed by atoms with Crippen LogP contribution in [-0.4, -0.2) is 23.7 Å². The molecule has 0 saturated carbocycles. The molecule has 102 valence electrons. The molecule has 3 rings (SSSR count). The molecule has 0 aliphatic carbocycles. The number of benzene rings is 1. The van der Waals surface area contributed by atoms with E-state index in [9.17, 15) is 5.26 Å². The van der Waals surface area contributed by atoms with Crippen LogP contribution in [0.2, 0.25) is 0 Å². The predicted molar refractivity (Wildman–Crippen MR) is 78.5 cm³/mol. The van der Waals surface area contributed by atoms with Crippen LogP contribution in [0.4, 0.5) is 5.82 Å². The Bertz CT molecular complexity index is 669. The average Bonchev–Trinajstić information content (AvgIpc) is 2.47. The fourth-order valence-electron chi connectivity index (χ4n) is 2.53. The van der Waals surface area contributed by atoms with E-state index in [0.717, 1.165) is 37.0 Å². The van der Waals surface area contributed by atoms with E-state index in [1.165, 1.54) is 0 Å². The van der Waals surface area contributed by atoms with Crippen LogP contribution < -0.4 is 5.32 Å². The van der Waals surface area contributed by atoms with Gasteiger partial charge in [0, 0.05) is 24.1 Å². The van der Waals surface area contributed by atoms with Crippen molar-refractivity contribution in [2.75, 3.05) is 18.5 Å². The number of hydrogen-bond donors (Lipinski definition) is 1. The molecule has 4 heteroatoms. The molecule has 1 fully saturated rings. The first-order valence-electron chi connectivity index (χ1n) is 6.86. The maximum Gasteiger partial charge on any atom is 0.145 e. The number of fused-ring (bicyclic) bond motifs is 1. The first-order valence-corrected chi connectivity index (χ1v) is 6.86. The van der Waals surface area contributed by atoms with E-state index >= 15 is 0 Å². The normalized spacial score (nSPS) is 17.6. The number of nitrogens with one attached hydrogen (secondary N) is 1. The Morgan fingerprint density at radius 3 is 2.80 bits per heavy atom. The fraction of sp³-hybridized carbons (Fsp3) is 0.375. The summed E-state index contributed by atoms with van der Waals surface area (Å²) in [6.45, 7) is 3.66. The number of nitriles is 1. The summed E-state index contributed by atoms with van der Waals surface area (Å²) in [5.41, 5.74) is 1.44. The van der Waals surface area contributed by atoms with E-state index in [-0.39, 0.29) is 5.54 Å². The molecule has 0 unspecified atom stereocenters. The van der Waals surface area contributed by atoms with Crippen molar-refractivity contribution in [2.45, 2.75) is 25.3 Å². The van der Waals surface area contributed by atoms with Gasteiger partial charge in [-0.25, -0.2) is 4.98 Å². The number of rotatable bonds is 2. The van der Waals surface area contributed by atoms with Crippen molar-refractivity contribution in [2.24, 2.45) is 0 Å². The summed E-state index contributed by atoms with van der Waals surface area (Å²) in [6, 6.07) is 12.0. The lowest BCUT2D eigenvalue weighted by molar-refractivity contribution is 0.0657. The minimum Gasteiger partial charge on any atom is -0.381 e. The second-order valence-corrected chi connectivity index (χ2v) is 5.49. The van der Waals surface area contributed by atoms with E-state index in [2.05, 4.69) is 23.3 Å². The van der Waals surface area contributed by atoms with Crippen LogP contribution in [0.3, 0.4) is 0 Å². The van der Waals surface area contributed by atoms with Crippen molar-refractivity contribution in [3.05, 3.63) is 35.9 Å². The Morgan fingerprint density at radius 2 is 2.05 bits per heavy atom. The summed E-state index contributed by atoms with van der Waals surface area (Å²) in [4.78, 5) is 4.61. The number of anilines is 1. The summed E-state index contributed by atoms with van der Waals surface area (Å²) in [7, 11) is 0. The van der Waals surface area contributed by atoms with Gasteiger partial charge in [-0.05, 0) is 31.9 Å². The number of pyridine rings is 1. The van der Waals surface area contributed by atoms with Crippen molar-refractivity contribution in [3.63, 3.8) is 0 Å². The van der Waals surface area contributed by atoms with Crippen molar-refractivity contribution in [1.82, 2.24) is 4.98 Å². The van der Waals surface area contributed by atoms with Crippen LogP contribution in [-0.2, 0) is 4.74 Å². The van der Waals surface area contributed by atoms with Crippen LogP contribution in [0.5, 0.6) is 0 Å². The van der Waals surface area contributed by atoms with Crippen LogP contribution in [0, 0.1) is 11.3 Å². The predicted octanol–water partition coefficient (Wildman–Crippen LogP) is 3.09. The van der Waals surface area contributed by atoms with Gasteiger partial charge in [0.15, 0.2) is 0 Å². The number of aromatic nitrogens is 1. The van der Waals surface area contributed by atoms with Gasteiger partial charge in [-0.15, -0.1) is 0 Å². The van der Waals surface area contributed by atoms with Crippen LogP contribution in [0.15, 0.2) is 30.3 Å². The molecule has 0 amide bonds. The summed E-state index contributed by atoms with van der Waals surface area (Å²) in [6.07, 6.45) is 1.85. The van der Waals surface area contributed by atoms with E-state index in [1.807, 2.05) is 30.3 Å². The SMILES string of the molecule is CC1(Nc2nc3ccccc3cc2C#N)CCOCC1. The molecule has 4 nitrogen and oxygen atoms in total. The van der Waals surface area contributed by atoms with Gasteiger partial charge in [0.25, 0.3) is 0 Å². The first-order chi connectivity index (χ1) is 9.70. The molecule has 20 heavy (non-hydrogen) atoms. The van der Waals surface area contributed by atoms with Crippen molar-refractivity contribution in [3.8, 4) is 6.07 Å². The van der Waals surface area contributed by atoms with Crippen molar-refractivity contribution in [1.29, 1.82) is 5.26 Å². The van der Waals surface area contributed by atoms with Crippen molar-refractivity contribution >= 4 is 16.7 Å². The minimum atomic E-state index is -0.0562. The van der Waals surface area contributed by atoms with Gasteiger partial charge in [-0.3, -0.25) is 0 Å². The smallest absolute Gasteiger partial charge is 0.145 e. The highest BCUT2D eigenvalue weighted by atomic mass is 16.5. The largest absolute Gasteiger partial charge is 0.381 e. The zero-order chi connectivity index (χ0) is 14.0. The average molecular weight is 267 g/mol. The molecule has 0 spiro atoms. The van der Waals surface area contributed by atoms with E-state index in [0.29, 0.717) is 11.4 Å². The molecule has 1 aromatic carbocycles. The fourth-order valence-corrected chi connectivity index (χ4v) is 2.53. The Labute approximate surface area is 118 Å². The summed E-state index contributed by atoms with van der Waals surface area (Å²) >= 11 is 0. The quantitative estimate of drug-likeness (QED) is 0.908. The van der Waals surface area contributed by atoms with Gasteiger partial charge >= 0.3 is 0 Å². The molecule has 2 heterocycles. The van der Waals surface area contributed by atoms with Gasteiger partial charge in [0.1, 0.15) is 11.9 Å². The second-order valence-electron chi connectivity index (χ2n) is 5.49. The highest BCUT2D eigenvalue weighted by Crippen LogP contribution is 2.27. The number of hydrogen-bond acceptors (Lipinski definition) is 4. The zero-order valence-electron chi connectivity index (χ0n) is 11.5. The lowest BCUT2D eigenvalue weighted by atomic mass is 9.92. The van der Waals surface area contributed by atoms with E-state index in [4.69, 9.17) is 4.74 Å². The van der Waals surface area contributed by atoms with Crippen LogP contribution in [0.1, 0.15) is 25.3 Å². The van der Waals surface area contributed by atoms with Gasteiger partial charge in [-0.1, -0.05) is 18.2 Å². The number of ether oxygens (including phenoxy) is 1. The molecule has 0 bridgehead atoms. The second kappa shape index (κ2) is 5.10. The van der Waals surface area contributed by atoms with Crippen LogP contribution in [0.25, 0.3) is 10.9 Å². The molecule has 0 radical (unpaired) electrons. The molecule has 0 atom stereocenters. The van der Waals surface area contributed by atoms with Crippen LogP contribution >= 0.6 is 0 Å². The lowest BCUT2D eigenvalue weighted by Gasteiger charge is -2.35. The summed E-state index contributed by atoms with van der Waals surface area (Å²) in [5, 5.41) is 13.8. The lowest BCUT2D eigenvalue weighted by Crippen LogP contribution is -2.41. The third kappa shape index (κ3) is 2.45. The third-order valence-corrected chi connectivity index (χ3v) is 3.86. The number of para-hydroxylation sites is 1. The molecule has 1 aromatic heterocycles.